The minimum atomic E-state index is -0.660. The van der Waals surface area contributed by atoms with Gasteiger partial charge in [0.05, 0.1) is 29.7 Å². The van der Waals surface area contributed by atoms with Gasteiger partial charge in [0.25, 0.3) is 0 Å². The Kier molecular flexibility index (Phi) is 49.6. The first kappa shape index (κ1) is 90.8. The SMILES string of the molecule is CC(C)[C@@H](N)C(=O)c1ccccn1.CC(C)[C@@H](N)C(=O)c1cccnc1.CC(C)[C@@H](N)C(=O)c1ccncc1.CC(C)[C@@H](N)CC(=O)c1ccccn1.Cl.Cl.Cl.Cl.Cl.Cl.NC1(C(=O)c2ccccn2)CCCCC1.N[C@@H](C(=O)c1ccccn1)C1CCCCC1. The van der Waals surface area contributed by atoms with E-state index in [0.29, 0.717) is 52.2 Å². The molecule has 18 nitrogen and oxygen atoms in total. The van der Waals surface area contributed by atoms with Gasteiger partial charge in [0, 0.05) is 73.2 Å². The van der Waals surface area contributed by atoms with Crippen LogP contribution in [-0.2, 0) is 0 Å². The van der Waals surface area contributed by atoms with Gasteiger partial charge in [-0.25, -0.2) is 0 Å². The summed E-state index contributed by atoms with van der Waals surface area (Å²) < 4.78 is 0. The van der Waals surface area contributed by atoms with Gasteiger partial charge in [-0.1, -0.05) is 118 Å². The highest BCUT2D eigenvalue weighted by Crippen LogP contribution is 2.29. The Morgan fingerprint density at radius 1 is 0.422 bits per heavy atom. The molecule has 500 valence electrons. The number of pyridine rings is 6. The maximum absolute atomic E-state index is 12.1. The predicted molar refractivity (Wildman–Crippen MR) is 375 cm³/mol. The lowest BCUT2D eigenvalue weighted by Crippen LogP contribution is -2.49. The number of ketones is 6. The summed E-state index contributed by atoms with van der Waals surface area (Å²) in [5, 5.41) is 0. The molecule has 0 saturated heterocycles. The number of Topliss-reactive ketones (excluding diaryl/α,β-unsaturated/α-hetero) is 6. The van der Waals surface area contributed by atoms with Crippen molar-refractivity contribution in [3.05, 3.63) is 181 Å². The van der Waals surface area contributed by atoms with Gasteiger partial charge in [-0.2, -0.15) is 0 Å². The molecule has 6 aromatic rings. The predicted octanol–water partition coefficient (Wildman–Crippen LogP) is 12.0. The second-order valence-electron chi connectivity index (χ2n) is 22.6. The van der Waals surface area contributed by atoms with Crippen molar-refractivity contribution in [3.63, 3.8) is 0 Å². The molecule has 5 atom stereocenters. The Hall–Kier alpha value is -5.58. The zero-order valence-electron chi connectivity index (χ0n) is 53.0. The van der Waals surface area contributed by atoms with Crippen LogP contribution >= 0.6 is 74.4 Å². The van der Waals surface area contributed by atoms with Gasteiger partial charge in [0.1, 0.15) is 22.8 Å². The van der Waals surface area contributed by atoms with E-state index in [4.69, 9.17) is 34.4 Å². The minimum absolute atomic E-state index is 0. The zero-order chi connectivity index (χ0) is 62.2. The van der Waals surface area contributed by atoms with Crippen LogP contribution in [0.5, 0.6) is 0 Å². The summed E-state index contributed by atoms with van der Waals surface area (Å²) in [6.07, 6.45) is 24.0. The van der Waals surface area contributed by atoms with E-state index in [-0.39, 0.29) is 139 Å². The summed E-state index contributed by atoms with van der Waals surface area (Å²) in [4.78, 5) is 94.4. The molecule has 24 heteroatoms. The third-order valence-corrected chi connectivity index (χ3v) is 14.6. The molecule has 0 unspecified atom stereocenters. The van der Waals surface area contributed by atoms with Crippen LogP contribution < -0.4 is 34.4 Å². The first-order valence-corrected chi connectivity index (χ1v) is 29.3. The van der Waals surface area contributed by atoms with E-state index in [0.717, 1.165) is 38.5 Å². The Morgan fingerprint density at radius 3 is 1.22 bits per heavy atom. The molecule has 6 aromatic heterocycles. The standard InChI is InChI=1S/C13H18N2O.C12H16N2O.C11H16N2O.3C10H14N2O.6ClH/c14-12(10-6-2-1-3-7-10)13(16)11-8-4-5-9-15-11;13-12(7-3-1-4-8-12)11(15)10-6-2-5-9-14-10;1-8(2)9(12)7-11(14)10-5-3-4-6-13-10;1-7(2)9(11)10(13)8-3-5-12-6-4-8;1-7(2)9(11)10(13)8-4-3-5-12-6-8;1-7(2)9(11)10(13)8-5-3-4-6-12-8;;;;;;/h4-5,8-10,12H,1-3,6-7,14H2;2,5-6,9H,1,3-4,7-8,13H2;3-6,8-9H,7,12H2,1-2H3;3*3-7,9H,11H2,1-2H3;6*1H/t12-;;4*9-;;;;;;/m1.0111....../s1. The largest absolute Gasteiger partial charge is 0.327 e. The number of hydrogen-bond acceptors (Lipinski definition) is 18. The first-order chi connectivity index (χ1) is 40.0. The molecule has 12 N–H and O–H groups in total. The van der Waals surface area contributed by atoms with E-state index in [1.165, 1.54) is 25.7 Å². The highest BCUT2D eigenvalue weighted by molar-refractivity contribution is 6.02. The van der Waals surface area contributed by atoms with Gasteiger partial charge in [-0.15, -0.1) is 74.4 Å². The maximum atomic E-state index is 12.1. The quantitative estimate of drug-likeness (QED) is 0.0435. The van der Waals surface area contributed by atoms with Crippen LogP contribution in [0.1, 0.15) is 189 Å². The van der Waals surface area contributed by atoms with Crippen molar-refractivity contribution in [2.24, 2.45) is 64.0 Å². The highest BCUT2D eigenvalue weighted by Gasteiger charge is 2.36. The third-order valence-electron chi connectivity index (χ3n) is 14.6. The summed E-state index contributed by atoms with van der Waals surface area (Å²) in [6, 6.07) is 26.4. The zero-order valence-corrected chi connectivity index (χ0v) is 57.9. The summed E-state index contributed by atoms with van der Waals surface area (Å²) in [6.45, 7) is 15.6. The Morgan fingerprint density at radius 2 is 0.822 bits per heavy atom. The van der Waals surface area contributed by atoms with Crippen molar-refractivity contribution >= 4 is 109 Å². The van der Waals surface area contributed by atoms with Gasteiger partial charge in [0.15, 0.2) is 28.9 Å². The van der Waals surface area contributed by atoms with Crippen LogP contribution in [0.15, 0.2) is 147 Å². The summed E-state index contributed by atoms with van der Waals surface area (Å²) in [7, 11) is 0. The molecule has 2 aliphatic rings. The second-order valence-corrected chi connectivity index (χ2v) is 22.6. The Labute approximate surface area is 570 Å². The summed E-state index contributed by atoms with van der Waals surface area (Å²) >= 11 is 0. The van der Waals surface area contributed by atoms with Crippen molar-refractivity contribution in [1.29, 1.82) is 0 Å². The van der Waals surface area contributed by atoms with E-state index in [1.54, 1.807) is 128 Å². The van der Waals surface area contributed by atoms with Crippen molar-refractivity contribution < 1.29 is 28.8 Å². The fourth-order valence-corrected chi connectivity index (χ4v) is 8.63. The van der Waals surface area contributed by atoms with Crippen molar-refractivity contribution in [2.75, 3.05) is 0 Å². The van der Waals surface area contributed by atoms with Crippen LogP contribution in [0.4, 0.5) is 0 Å². The molecular formula is C66H98Cl6N12O6. The minimum Gasteiger partial charge on any atom is -0.327 e. The molecule has 2 fully saturated rings. The van der Waals surface area contributed by atoms with Crippen molar-refractivity contribution in [1.82, 2.24) is 29.9 Å². The molecule has 2 saturated carbocycles. The molecule has 90 heavy (non-hydrogen) atoms. The van der Waals surface area contributed by atoms with E-state index in [1.807, 2.05) is 73.6 Å². The molecule has 8 rings (SSSR count). The molecule has 0 amide bonds. The average Bonchev–Trinajstić information content (AvgIpc) is 1.71. The van der Waals surface area contributed by atoms with Crippen LogP contribution in [0.2, 0.25) is 0 Å². The van der Waals surface area contributed by atoms with Gasteiger partial charge < -0.3 is 34.4 Å². The Bertz CT molecular complexity index is 2720. The van der Waals surface area contributed by atoms with Crippen molar-refractivity contribution in [2.45, 2.75) is 162 Å². The van der Waals surface area contributed by atoms with E-state index in [2.05, 4.69) is 29.9 Å². The van der Waals surface area contributed by atoms with Gasteiger partial charge in [-0.3, -0.25) is 58.7 Å². The molecule has 2 aliphatic carbocycles. The molecule has 0 spiro atoms. The van der Waals surface area contributed by atoms with Crippen LogP contribution in [0.25, 0.3) is 0 Å². The van der Waals surface area contributed by atoms with Crippen LogP contribution in [0.3, 0.4) is 0 Å². The van der Waals surface area contributed by atoms with Crippen molar-refractivity contribution in [3.8, 4) is 0 Å². The monoisotopic (exact) mass is 1360 g/mol. The smallest absolute Gasteiger partial charge is 0.200 e. The molecule has 6 heterocycles. The summed E-state index contributed by atoms with van der Waals surface area (Å²) in [5.74, 6) is 1.02. The number of halogens is 6. The lowest BCUT2D eigenvalue weighted by Gasteiger charge is -2.31. The molecule has 0 radical (unpaired) electrons. The summed E-state index contributed by atoms with van der Waals surface area (Å²) in [5.41, 5.74) is 37.6. The fraction of sp³-hybridized carbons (Fsp3) is 0.455. The maximum Gasteiger partial charge on any atom is 0.200 e. The number of nitrogens with two attached hydrogens (primary N) is 6. The van der Waals surface area contributed by atoms with Crippen LogP contribution in [0, 0.1) is 29.6 Å². The molecule has 0 bridgehead atoms. The number of carbonyl (C=O) groups excluding carboxylic acids is 6. The molecular weight excluding hydrogens is 1270 g/mol. The van der Waals surface area contributed by atoms with Gasteiger partial charge in [-0.05, 0) is 128 Å². The number of aromatic nitrogens is 6. The highest BCUT2D eigenvalue weighted by atomic mass is 35.5. The molecule has 0 aromatic carbocycles. The Balaban J connectivity index is -0.000000488. The topological polar surface area (TPSA) is 336 Å². The van der Waals surface area contributed by atoms with Gasteiger partial charge in [0.2, 0.25) is 5.78 Å². The molecule has 0 aliphatic heterocycles. The average molecular weight is 1370 g/mol. The number of carbonyl (C=O) groups is 6. The van der Waals surface area contributed by atoms with E-state index < -0.39 is 23.7 Å². The normalized spacial score (nSPS) is 14.3. The fourth-order valence-electron chi connectivity index (χ4n) is 8.63. The third kappa shape index (κ3) is 32.1. The van der Waals surface area contributed by atoms with E-state index >= 15 is 0 Å². The van der Waals surface area contributed by atoms with Crippen LogP contribution in [-0.4, -0.2) is 100 Å². The second kappa shape index (κ2) is 49.1. The van der Waals surface area contributed by atoms with E-state index in [9.17, 15) is 28.8 Å². The van der Waals surface area contributed by atoms with Gasteiger partial charge >= 0.3 is 0 Å². The number of nitrogens with zero attached hydrogens (tertiary/aromatic N) is 6. The lowest BCUT2D eigenvalue weighted by atomic mass is 9.78. The number of rotatable bonds is 18. The lowest BCUT2D eigenvalue weighted by molar-refractivity contribution is 0.0841. The number of hydrogen-bond donors (Lipinski definition) is 6. The first-order valence-electron chi connectivity index (χ1n) is 29.3.